The lowest BCUT2D eigenvalue weighted by atomic mass is 10.0. The fourth-order valence-corrected chi connectivity index (χ4v) is 3.29. The SMILES string of the molecule is CCOc1cc2c(cc1/C=C(\C#N)C(=O)Nc1cccc(Cl)c1Cl)OC(C)C2. The Balaban J connectivity index is 1.94. The number of nitrogens with zero attached hydrogens (tertiary/aromatic N) is 1. The molecule has 1 heterocycles. The first-order valence-corrected chi connectivity index (χ1v) is 9.52. The molecule has 1 unspecified atom stereocenters. The summed E-state index contributed by atoms with van der Waals surface area (Å²) in [5, 5.41) is 12.6. The van der Waals surface area contributed by atoms with E-state index < -0.39 is 5.91 Å². The molecule has 28 heavy (non-hydrogen) atoms. The second-order valence-electron chi connectivity index (χ2n) is 6.29. The quantitative estimate of drug-likeness (QED) is 0.532. The first-order valence-electron chi connectivity index (χ1n) is 8.76. The molecule has 0 aromatic heterocycles. The molecule has 144 valence electrons. The Hall–Kier alpha value is -2.68. The van der Waals surface area contributed by atoms with Gasteiger partial charge in [-0.3, -0.25) is 4.79 Å². The number of anilines is 1. The molecule has 0 bridgehead atoms. The topological polar surface area (TPSA) is 71.3 Å². The Morgan fingerprint density at radius 3 is 2.93 bits per heavy atom. The second-order valence-corrected chi connectivity index (χ2v) is 7.07. The maximum Gasteiger partial charge on any atom is 0.266 e. The molecule has 7 heteroatoms. The monoisotopic (exact) mass is 416 g/mol. The van der Waals surface area contributed by atoms with Gasteiger partial charge in [0.1, 0.15) is 29.2 Å². The Labute approximate surface area is 173 Å². The van der Waals surface area contributed by atoms with Crippen LogP contribution in [0.25, 0.3) is 6.08 Å². The lowest BCUT2D eigenvalue weighted by Crippen LogP contribution is -2.14. The first kappa shape index (κ1) is 20.1. The third-order valence-corrected chi connectivity index (χ3v) is 5.01. The number of amides is 1. The maximum atomic E-state index is 12.6. The van der Waals surface area contributed by atoms with Gasteiger partial charge in [-0.05, 0) is 44.2 Å². The number of halogens is 2. The zero-order valence-electron chi connectivity index (χ0n) is 15.4. The van der Waals surface area contributed by atoms with E-state index in [1.807, 2.05) is 26.0 Å². The van der Waals surface area contributed by atoms with Gasteiger partial charge in [-0.15, -0.1) is 0 Å². The molecule has 1 aliphatic heterocycles. The molecule has 0 spiro atoms. The molecular weight excluding hydrogens is 399 g/mol. The fraction of sp³-hybridized carbons (Fsp3) is 0.238. The Morgan fingerprint density at radius 1 is 1.43 bits per heavy atom. The molecule has 1 N–H and O–H groups in total. The summed E-state index contributed by atoms with van der Waals surface area (Å²) >= 11 is 12.1. The van der Waals surface area contributed by atoms with E-state index in [2.05, 4.69) is 5.32 Å². The Bertz CT molecular complexity index is 996. The van der Waals surface area contributed by atoms with E-state index in [1.54, 1.807) is 24.3 Å². The second kappa shape index (κ2) is 8.55. The minimum atomic E-state index is -0.594. The van der Waals surface area contributed by atoms with Gasteiger partial charge in [0.25, 0.3) is 5.91 Å². The number of benzene rings is 2. The van der Waals surface area contributed by atoms with Gasteiger partial charge in [0.05, 0.1) is 22.3 Å². The van der Waals surface area contributed by atoms with Crippen molar-refractivity contribution < 1.29 is 14.3 Å². The zero-order chi connectivity index (χ0) is 20.3. The number of ether oxygens (including phenoxy) is 2. The van der Waals surface area contributed by atoms with Crippen LogP contribution < -0.4 is 14.8 Å². The van der Waals surface area contributed by atoms with E-state index in [0.717, 1.165) is 17.7 Å². The summed E-state index contributed by atoms with van der Waals surface area (Å²) < 4.78 is 11.5. The average Bonchev–Trinajstić information content (AvgIpc) is 3.02. The molecule has 0 saturated heterocycles. The van der Waals surface area contributed by atoms with Gasteiger partial charge in [-0.25, -0.2) is 0 Å². The van der Waals surface area contributed by atoms with Gasteiger partial charge in [-0.1, -0.05) is 29.3 Å². The van der Waals surface area contributed by atoms with E-state index in [9.17, 15) is 10.1 Å². The third-order valence-electron chi connectivity index (χ3n) is 4.19. The van der Waals surface area contributed by atoms with Crippen molar-refractivity contribution in [2.75, 3.05) is 11.9 Å². The van der Waals surface area contributed by atoms with E-state index in [1.165, 1.54) is 6.08 Å². The van der Waals surface area contributed by atoms with Crippen LogP contribution in [0.15, 0.2) is 35.9 Å². The highest BCUT2D eigenvalue weighted by molar-refractivity contribution is 6.44. The van der Waals surface area contributed by atoms with Gasteiger partial charge in [-0.2, -0.15) is 5.26 Å². The molecule has 1 aliphatic rings. The van der Waals surface area contributed by atoms with Gasteiger partial charge < -0.3 is 14.8 Å². The first-order chi connectivity index (χ1) is 13.4. The van der Waals surface area contributed by atoms with E-state index in [0.29, 0.717) is 28.6 Å². The molecule has 2 aromatic rings. The number of rotatable bonds is 5. The van der Waals surface area contributed by atoms with Crippen LogP contribution in [-0.2, 0) is 11.2 Å². The van der Waals surface area contributed by atoms with Crippen molar-refractivity contribution in [3.05, 3.63) is 57.1 Å². The molecule has 2 aromatic carbocycles. The van der Waals surface area contributed by atoms with Gasteiger partial charge in [0.2, 0.25) is 0 Å². The molecule has 1 atom stereocenters. The minimum absolute atomic E-state index is 0.0763. The van der Waals surface area contributed by atoms with Crippen molar-refractivity contribution in [1.29, 1.82) is 5.26 Å². The Kier molecular flexibility index (Phi) is 6.13. The highest BCUT2D eigenvalue weighted by Gasteiger charge is 2.22. The van der Waals surface area contributed by atoms with Crippen molar-refractivity contribution in [2.24, 2.45) is 0 Å². The summed E-state index contributed by atoms with van der Waals surface area (Å²) in [6.07, 6.45) is 2.34. The maximum absolute atomic E-state index is 12.6. The van der Waals surface area contributed by atoms with Crippen molar-refractivity contribution in [2.45, 2.75) is 26.4 Å². The van der Waals surface area contributed by atoms with Crippen LogP contribution in [0.5, 0.6) is 11.5 Å². The van der Waals surface area contributed by atoms with Crippen LogP contribution in [0.1, 0.15) is 25.0 Å². The molecule has 0 fully saturated rings. The van der Waals surface area contributed by atoms with Gasteiger partial charge >= 0.3 is 0 Å². The van der Waals surface area contributed by atoms with Crippen LogP contribution in [0, 0.1) is 11.3 Å². The van der Waals surface area contributed by atoms with Crippen molar-refractivity contribution in [3.8, 4) is 17.6 Å². The summed E-state index contributed by atoms with van der Waals surface area (Å²) in [7, 11) is 0. The zero-order valence-corrected chi connectivity index (χ0v) is 16.9. The molecular formula is C21H18Cl2N2O3. The lowest BCUT2D eigenvalue weighted by molar-refractivity contribution is -0.112. The van der Waals surface area contributed by atoms with Gasteiger partial charge in [0.15, 0.2) is 0 Å². The van der Waals surface area contributed by atoms with Crippen LogP contribution in [0.4, 0.5) is 5.69 Å². The molecule has 5 nitrogen and oxygen atoms in total. The van der Waals surface area contributed by atoms with Crippen LogP contribution in [0.3, 0.4) is 0 Å². The molecule has 1 amide bonds. The van der Waals surface area contributed by atoms with Crippen LogP contribution in [0.2, 0.25) is 10.0 Å². The summed E-state index contributed by atoms with van der Waals surface area (Å²) in [6, 6.07) is 10.5. The van der Waals surface area contributed by atoms with Crippen LogP contribution in [-0.4, -0.2) is 18.6 Å². The largest absolute Gasteiger partial charge is 0.493 e. The normalized spacial score (nSPS) is 15.4. The predicted molar refractivity (Wildman–Crippen MR) is 110 cm³/mol. The smallest absolute Gasteiger partial charge is 0.266 e. The lowest BCUT2D eigenvalue weighted by Gasteiger charge is -2.11. The number of carbonyl (C=O) groups excluding carboxylic acids is 1. The van der Waals surface area contributed by atoms with Gasteiger partial charge in [0, 0.05) is 17.5 Å². The average molecular weight is 417 g/mol. The molecule has 3 rings (SSSR count). The van der Waals surface area contributed by atoms with Crippen molar-refractivity contribution >= 4 is 40.9 Å². The number of hydrogen-bond acceptors (Lipinski definition) is 4. The standard InChI is InChI=1S/C21H18Cl2N2O3/c1-3-27-18-9-13-7-12(2)28-19(13)10-14(18)8-15(11-24)21(26)25-17-6-4-5-16(22)20(17)23/h4-6,8-10,12H,3,7H2,1-2H3,(H,25,26)/b15-8+. The van der Waals surface area contributed by atoms with Crippen molar-refractivity contribution in [3.63, 3.8) is 0 Å². The predicted octanol–water partition coefficient (Wildman–Crippen LogP) is 5.26. The van der Waals surface area contributed by atoms with Crippen LogP contribution >= 0.6 is 23.2 Å². The Morgan fingerprint density at radius 2 is 2.21 bits per heavy atom. The highest BCUT2D eigenvalue weighted by Crippen LogP contribution is 2.36. The van der Waals surface area contributed by atoms with E-state index in [4.69, 9.17) is 32.7 Å². The number of carbonyl (C=O) groups is 1. The highest BCUT2D eigenvalue weighted by atomic mass is 35.5. The molecule has 0 radical (unpaired) electrons. The number of nitriles is 1. The summed E-state index contributed by atoms with van der Waals surface area (Å²) in [6.45, 7) is 4.32. The van der Waals surface area contributed by atoms with Crippen molar-refractivity contribution in [1.82, 2.24) is 0 Å². The third kappa shape index (κ3) is 4.24. The molecule has 0 aliphatic carbocycles. The minimum Gasteiger partial charge on any atom is -0.493 e. The summed E-state index contributed by atoms with van der Waals surface area (Å²) in [5.74, 6) is 0.738. The number of fused-ring (bicyclic) bond motifs is 1. The van der Waals surface area contributed by atoms with E-state index in [-0.39, 0.29) is 16.7 Å². The fourth-order valence-electron chi connectivity index (χ4n) is 2.94. The summed E-state index contributed by atoms with van der Waals surface area (Å²) in [4.78, 5) is 12.6. The van der Waals surface area contributed by atoms with E-state index >= 15 is 0 Å². The number of hydrogen-bond donors (Lipinski definition) is 1. The molecule has 0 saturated carbocycles. The number of nitrogens with one attached hydrogen (secondary N) is 1. The summed E-state index contributed by atoms with van der Waals surface area (Å²) in [5.41, 5.74) is 1.87.